The van der Waals surface area contributed by atoms with Gasteiger partial charge in [-0.1, -0.05) is 13.8 Å². The Morgan fingerprint density at radius 3 is 2.23 bits per heavy atom. The van der Waals surface area contributed by atoms with Gasteiger partial charge in [0.25, 0.3) is 0 Å². The maximum atomic E-state index is 12.2. The monoisotopic (exact) mass is 442 g/mol. The predicted molar refractivity (Wildman–Crippen MR) is 104 cm³/mol. The highest BCUT2D eigenvalue weighted by molar-refractivity contribution is 5.66. The fraction of sp³-hybridized carbons (Fsp3) is 0.955. The molecule has 6 N–H and O–H groups in total. The molecular weight excluding hydrogens is 408 g/mol. The molecule has 5 rings (SSSR count). The van der Waals surface area contributed by atoms with Crippen LogP contribution in [0.15, 0.2) is 0 Å². The molecule has 4 saturated carbocycles. The third-order valence-corrected chi connectivity index (χ3v) is 10.0. The van der Waals surface area contributed by atoms with Crippen LogP contribution in [0.25, 0.3) is 0 Å². The number of fused-ring (bicyclic) bond motifs is 4. The van der Waals surface area contributed by atoms with Crippen LogP contribution in [0.5, 0.6) is 0 Å². The average Bonchev–Trinajstić information content (AvgIpc) is 3.35. The van der Waals surface area contributed by atoms with Gasteiger partial charge in [-0.3, -0.25) is 4.79 Å². The molecule has 1 heterocycles. The minimum absolute atomic E-state index is 0.00781. The molecule has 9 heteroatoms. The number of rotatable bonds is 1. The zero-order valence-electron chi connectivity index (χ0n) is 18.6. The molecule has 2 bridgehead atoms. The molecule has 5 aliphatic rings. The van der Waals surface area contributed by atoms with E-state index >= 15 is 0 Å². The Kier molecular flexibility index (Phi) is 4.00. The Morgan fingerprint density at radius 1 is 1.03 bits per heavy atom. The Labute approximate surface area is 181 Å². The lowest BCUT2D eigenvalue weighted by Crippen LogP contribution is -2.72. The van der Waals surface area contributed by atoms with Gasteiger partial charge in [0.15, 0.2) is 6.10 Å². The Balaban J connectivity index is 1.81. The molecule has 0 amide bonds. The fourth-order valence-corrected chi connectivity index (χ4v) is 8.46. The summed E-state index contributed by atoms with van der Waals surface area (Å²) >= 11 is 0. The second-order valence-electron chi connectivity index (χ2n) is 11.7. The summed E-state index contributed by atoms with van der Waals surface area (Å²) in [5, 5.41) is 70.7. The number of hydrogen-bond donors (Lipinski definition) is 6. The Morgan fingerprint density at radius 2 is 1.65 bits per heavy atom. The zero-order valence-corrected chi connectivity index (χ0v) is 18.6. The maximum absolute atomic E-state index is 12.2. The number of aliphatic hydroxyl groups excluding tert-OH is 2. The second kappa shape index (κ2) is 5.63. The van der Waals surface area contributed by atoms with Gasteiger partial charge in [0.05, 0.1) is 40.8 Å². The number of carbonyl (C=O) groups excluding carboxylic acids is 1. The van der Waals surface area contributed by atoms with Crippen molar-refractivity contribution in [3.05, 3.63) is 0 Å². The molecule has 5 fully saturated rings. The van der Waals surface area contributed by atoms with E-state index in [0.717, 1.165) is 6.92 Å². The van der Waals surface area contributed by atoms with Crippen molar-refractivity contribution in [2.75, 3.05) is 0 Å². The molecule has 0 aromatic heterocycles. The van der Waals surface area contributed by atoms with Gasteiger partial charge in [-0.15, -0.1) is 0 Å². The molecule has 0 aromatic carbocycles. The second-order valence-corrected chi connectivity index (χ2v) is 11.7. The normalized spacial score (nSPS) is 63.5. The van der Waals surface area contributed by atoms with Crippen molar-refractivity contribution in [1.82, 2.24) is 0 Å². The van der Waals surface area contributed by atoms with Crippen molar-refractivity contribution < 1.29 is 44.9 Å². The van der Waals surface area contributed by atoms with Crippen molar-refractivity contribution >= 4 is 5.97 Å². The van der Waals surface area contributed by atoms with E-state index < -0.39 is 81.6 Å². The van der Waals surface area contributed by atoms with Crippen LogP contribution in [0.2, 0.25) is 0 Å². The van der Waals surface area contributed by atoms with Crippen molar-refractivity contribution in [3.63, 3.8) is 0 Å². The summed E-state index contributed by atoms with van der Waals surface area (Å²) in [5.74, 6) is -2.50. The van der Waals surface area contributed by atoms with Crippen LogP contribution in [0, 0.1) is 22.7 Å². The molecular formula is C22H34O9. The number of carbonyl (C=O) groups is 1. The zero-order chi connectivity index (χ0) is 23.2. The van der Waals surface area contributed by atoms with Crippen LogP contribution >= 0.6 is 0 Å². The minimum Gasteiger partial charge on any atom is -0.457 e. The summed E-state index contributed by atoms with van der Waals surface area (Å²) < 4.78 is 11.3. The average molecular weight is 443 g/mol. The lowest BCUT2D eigenvalue weighted by atomic mass is 9.53. The van der Waals surface area contributed by atoms with Gasteiger partial charge in [-0.2, -0.15) is 0 Å². The first kappa shape index (κ1) is 22.0. The molecule has 0 radical (unpaired) electrons. The van der Waals surface area contributed by atoms with E-state index in [1.165, 1.54) is 13.8 Å². The Hall–Kier alpha value is -0.810. The van der Waals surface area contributed by atoms with Crippen LogP contribution in [0.3, 0.4) is 0 Å². The first-order valence-corrected chi connectivity index (χ1v) is 11.1. The smallest absolute Gasteiger partial charge is 0.303 e. The molecule has 4 aliphatic carbocycles. The first-order chi connectivity index (χ1) is 14.0. The number of epoxide rings is 1. The minimum atomic E-state index is -2.08. The fourth-order valence-electron chi connectivity index (χ4n) is 8.46. The van der Waals surface area contributed by atoms with Gasteiger partial charge in [0.1, 0.15) is 17.3 Å². The van der Waals surface area contributed by atoms with Crippen molar-refractivity contribution in [3.8, 4) is 0 Å². The van der Waals surface area contributed by atoms with E-state index in [1.807, 2.05) is 0 Å². The third-order valence-electron chi connectivity index (χ3n) is 10.0. The van der Waals surface area contributed by atoms with Crippen LogP contribution in [-0.2, 0) is 14.3 Å². The van der Waals surface area contributed by atoms with Gasteiger partial charge in [0.2, 0.25) is 0 Å². The largest absolute Gasteiger partial charge is 0.457 e. The topological polar surface area (TPSA) is 160 Å². The van der Waals surface area contributed by atoms with Gasteiger partial charge >= 0.3 is 5.97 Å². The summed E-state index contributed by atoms with van der Waals surface area (Å²) in [6.07, 6.45) is -5.77. The summed E-state index contributed by atoms with van der Waals surface area (Å²) in [5.41, 5.74) is -10.4. The van der Waals surface area contributed by atoms with E-state index in [0.29, 0.717) is 0 Å². The van der Waals surface area contributed by atoms with E-state index in [2.05, 4.69) is 0 Å². The third kappa shape index (κ3) is 2.07. The highest BCUT2D eigenvalue weighted by Crippen LogP contribution is 2.74. The van der Waals surface area contributed by atoms with Crippen LogP contribution in [0.1, 0.15) is 53.9 Å². The van der Waals surface area contributed by atoms with Gasteiger partial charge in [0, 0.05) is 18.3 Å². The molecule has 0 aromatic rings. The highest BCUT2D eigenvalue weighted by atomic mass is 16.6. The van der Waals surface area contributed by atoms with Gasteiger partial charge in [-0.25, -0.2) is 0 Å². The molecule has 12 atom stereocenters. The quantitative estimate of drug-likeness (QED) is 0.217. The molecule has 0 unspecified atom stereocenters. The van der Waals surface area contributed by atoms with Crippen LogP contribution in [0.4, 0.5) is 0 Å². The predicted octanol–water partition coefficient (Wildman–Crippen LogP) is -1.16. The van der Waals surface area contributed by atoms with E-state index in [9.17, 15) is 35.4 Å². The van der Waals surface area contributed by atoms with Crippen molar-refractivity contribution in [2.45, 2.75) is 107 Å². The van der Waals surface area contributed by atoms with Crippen LogP contribution in [-0.4, -0.2) is 89.5 Å². The number of hydrogen-bond acceptors (Lipinski definition) is 9. The molecule has 1 spiro atoms. The maximum Gasteiger partial charge on any atom is 0.303 e. The number of esters is 1. The summed E-state index contributed by atoms with van der Waals surface area (Å²) in [6.45, 7) is 7.53. The highest BCUT2D eigenvalue weighted by Gasteiger charge is 2.89. The van der Waals surface area contributed by atoms with E-state index in [4.69, 9.17) is 9.47 Å². The van der Waals surface area contributed by atoms with Crippen LogP contribution < -0.4 is 0 Å². The molecule has 31 heavy (non-hydrogen) atoms. The Bertz CT molecular complexity index is 839. The van der Waals surface area contributed by atoms with Gasteiger partial charge in [-0.05, 0) is 33.1 Å². The van der Waals surface area contributed by atoms with E-state index in [1.54, 1.807) is 13.8 Å². The molecule has 176 valence electrons. The summed E-state index contributed by atoms with van der Waals surface area (Å²) in [7, 11) is 0. The number of ether oxygens (including phenoxy) is 2. The molecule has 1 saturated heterocycles. The SMILES string of the molecule is CC(=O)O[C@@H]1[C@@H](O)[C@]23C[C@@](C)(O)[C@H](CC[C@@]2(O)[C@@](C)(O)[C@@H]2[C@@H]4O[C@@H]4C(C)(C)[C@@]12O)[C@@H]3O. The standard InChI is InChI=1S/C22H34O9/c1-9(23)30-16-14(25)20-8-18(4,26)10(13(20)24)6-7-21(20,28)19(5,27)12-11-15(31-11)17(2,3)22(12,16)29/h10-16,24-29H,6-8H2,1-5H3/t10-,11+,12+,13+,14-,15+,16-,18-,19+,20-,21-,22+/m1/s1. The lowest BCUT2D eigenvalue weighted by Gasteiger charge is -2.58. The van der Waals surface area contributed by atoms with E-state index in [-0.39, 0.29) is 19.3 Å². The molecule has 1 aliphatic heterocycles. The lowest BCUT2D eigenvalue weighted by molar-refractivity contribution is -0.287. The molecule has 9 nitrogen and oxygen atoms in total. The summed E-state index contributed by atoms with van der Waals surface area (Å²) in [6, 6.07) is 0. The van der Waals surface area contributed by atoms with Crippen molar-refractivity contribution in [1.29, 1.82) is 0 Å². The summed E-state index contributed by atoms with van der Waals surface area (Å²) in [4.78, 5) is 12.1. The van der Waals surface area contributed by atoms with Crippen molar-refractivity contribution in [2.24, 2.45) is 22.7 Å². The van der Waals surface area contributed by atoms with Gasteiger partial charge < -0.3 is 40.1 Å². The first-order valence-electron chi connectivity index (χ1n) is 11.1. The number of aliphatic hydroxyl groups is 6.